The fourth-order valence-corrected chi connectivity index (χ4v) is 3.22. The predicted molar refractivity (Wildman–Crippen MR) is 86.9 cm³/mol. The van der Waals surface area contributed by atoms with Crippen molar-refractivity contribution in [1.82, 2.24) is 5.32 Å². The van der Waals surface area contributed by atoms with Crippen LogP contribution in [0.4, 0.5) is 11.4 Å². The van der Waals surface area contributed by atoms with Crippen LogP contribution in [0, 0.1) is 5.92 Å². The lowest BCUT2D eigenvalue weighted by molar-refractivity contribution is -0.121. The van der Waals surface area contributed by atoms with Crippen LogP contribution < -0.4 is 15.5 Å². The molecule has 1 aromatic rings. The van der Waals surface area contributed by atoms with Crippen molar-refractivity contribution < 1.29 is 9.59 Å². The van der Waals surface area contributed by atoms with E-state index < -0.39 is 0 Å². The first kappa shape index (κ1) is 14.9. The summed E-state index contributed by atoms with van der Waals surface area (Å²) in [5.41, 5.74) is 1.85. The molecule has 5 nitrogen and oxygen atoms in total. The molecule has 0 aromatic heterocycles. The zero-order valence-corrected chi connectivity index (χ0v) is 12.8. The van der Waals surface area contributed by atoms with Crippen LogP contribution in [0.15, 0.2) is 24.3 Å². The lowest BCUT2D eigenvalue weighted by atomic mass is 9.88. The predicted octanol–water partition coefficient (Wildman–Crippen LogP) is 2.14. The van der Waals surface area contributed by atoms with E-state index in [0.717, 1.165) is 43.6 Å². The highest BCUT2D eigenvalue weighted by Crippen LogP contribution is 2.25. The lowest BCUT2D eigenvalue weighted by Crippen LogP contribution is -2.47. The Hall–Kier alpha value is -2.04. The van der Waals surface area contributed by atoms with Crippen molar-refractivity contribution in [3.63, 3.8) is 0 Å². The molecule has 1 aliphatic heterocycles. The van der Waals surface area contributed by atoms with Gasteiger partial charge in [0.2, 0.25) is 11.8 Å². The number of hydrogen-bond acceptors (Lipinski definition) is 3. The van der Waals surface area contributed by atoms with Crippen LogP contribution in [0.2, 0.25) is 0 Å². The van der Waals surface area contributed by atoms with Crippen LogP contribution in [-0.2, 0) is 9.59 Å². The van der Waals surface area contributed by atoms with Gasteiger partial charge in [-0.05, 0) is 37.1 Å². The Bertz CT molecular complexity index is 535. The molecule has 2 aliphatic rings. The van der Waals surface area contributed by atoms with Gasteiger partial charge >= 0.3 is 0 Å². The fourth-order valence-electron chi connectivity index (χ4n) is 3.22. The molecule has 22 heavy (non-hydrogen) atoms. The molecule has 118 valence electrons. The zero-order valence-electron chi connectivity index (χ0n) is 12.8. The highest BCUT2D eigenvalue weighted by molar-refractivity contribution is 5.92. The number of amides is 2. The molecule has 2 N–H and O–H groups in total. The maximum atomic E-state index is 12.2. The number of nitrogens with zero attached hydrogens (tertiary/aromatic N) is 1. The Morgan fingerprint density at radius 3 is 2.55 bits per heavy atom. The van der Waals surface area contributed by atoms with Crippen molar-refractivity contribution in [3.8, 4) is 0 Å². The summed E-state index contributed by atoms with van der Waals surface area (Å²) >= 11 is 0. The van der Waals surface area contributed by atoms with E-state index >= 15 is 0 Å². The summed E-state index contributed by atoms with van der Waals surface area (Å²) in [4.78, 5) is 25.7. The van der Waals surface area contributed by atoms with Crippen molar-refractivity contribution in [2.75, 3.05) is 29.9 Å². The Morgan fingerprint density at radius 1 is 1.14 bits per heavy atom. The molecule has 0 radical (unpaired) electrons. The average molecular weight is 301 g/mol. The molecule has 2 amide bonds. The highest BCUT2D eigenvalue weighted by Gasteiger charge is 2.21. The van der Waals surface area contributed by atoms with Gasteiger partial charge in [-0.1, -0.05) is 19.3 Å². The van der Waals surface area contributed by atoms with Gasteiger partial charge < -0.3 is 15.5 Å². The third-order valence-corrected chi connectivity index (χ3v) is 4.51. The Morgan fingerprint density at radius 2 is 1.86 bits per heavy atom. The van der Waals surface area contributed by atoms with Crippen LogP contribution in [0.3, 0.4) is 0 Å². The van der Waals surface area contributed by atoms with Gasteiger partial charge in [-0.3, -0.25) is 9.59 Å². The summed E-state index contributed by atoms with van der Waals surface area (Å²) < 4.78 is 0. The monoisotopic (exact) mass is 301 g/mol. The van der Waals surface area contributed by atoms with Crippen LogP contribution >= 0.6 is 0 Å². The van der Waals surface area contributed by atoms with Crippen molar-refractivity contribution >= 4 is 23.2 Å². The molecule has 0 unspecified atom stereocenters. The maximum absolute atomic E-state index is 12.2. The van der Waals surface area contributed by atoms with E-state index in [0.29, 0.717) is 13.1 Å². The Labute approximate surface area is 131 Å². The van der Waals surface area contributed by atoms with Gasteiger partial charge in [0, 0.05) is 30.4 Å². The van der Waals surface area contributed by atoms with Crippen LogP contribution in [-0.4, -0.2) is 31.4 Å². The average Bonchev–Trinajstić information content (AvgIpc) is 2.56. The van der Waals surface area contributed by atoms with Crippen LogP contribution in [0.1, 0.15) is 32.1 Å². The van der Waals surface area contributed by atoms with Crippen molar-refractivity contribution in [3.05, 3.63) is 24.3 Å². The molecule has 0 atom stereocenters. The Kier molecular flexibility index (Phi) is 4.61. The van der Waals surface area contributed by atoms with Gasteiger partial charge in [0.15, 0.2) is 0 Å². The van der Waals surface area contributed by atoms with Gasteiger partial charge in [0.1, 0.15) is 0 Å². The van der Waals surface area contributed by atoms with Crippen molar-refractivity contribution in [2.24, 2.45) is 5.92 Å². The molecular formula is C17H23N3O2. The van der Waals surface area contributed by atoms with Crippen LogP contribution in [0.5, 0.6) is 0 Å². The second-order valence-electron chi connectivity index (χ2n) is 6.14. The number of benzene rings is 1. The van der Waals surface area contributed by atoms with E-state index in [9.17, 15) is 9.59 Å². The van der Waals surface area contributed by atoms with Gasteiger partial charge in [-0.2, -0.15) is 0 Å². The first-order valence-electron chi connectivity index (χ1n) is 8.15. The van der Waals surface area contributed by atoms with Crippen molar-refractivity contribution in [2.45, 2.75) is 32.1 Å². The molecule has 1 aliphatic carbocycles. The van der Waals surface area contributed by atoms with E-state index in [1.165, 1.54) is 6.42 Å². The molecule has 1 saturated carbocycles. The smallest absolute Gasteiger partial charge is 0.239 e. The fraction of sp³-hybridized carbons (Fsp3) is 0.529. The minimum atomic E-state index is 0.0564. The summed E-state index contributed by atoms with van der Waals surface area (Å²) in [7, 11) is 0. The molecule has 5 heteroatoms. The van der Waals surface area contributed by atoms with E-state index in [2.05, 4.69) is 10.6 Å². The SMILES string of the molecule is O=C1CN(c2ccc(NC(=O)C3CCCCC3)cc2)CCN1. The van der Waals surface area contributed by atoms with Crippen LogP contribution in [0.25, 0.3) is 0 Å². The number of carbonyl (C=O) groups excluding carboxylic acids is 2. The van der Waals surface area contributed by atoms with E-state index in [-0.39, 0.29) is 17.7 Å². The molecule has 1 heterocycles. The maximum Gasteiger partial charge on any atom is 0.239 e. The largest absolute Gasteiger partial charge is 0.360 e. The van der Waals surface area contributed by atoms with Crippen molar-refractivity contribution in [1.29, 1.82) is 0 Å². The zero-order chi connectivity index (χ0) is 15.4. The lowest BCUT2D eigenvalue weighted by Gasteiger charge is -2.28. The van der Waals surface area contributed by atoms with Gasteiger partial charge in [-0.15, -0.1) is 0 Å². The summed E-state index contributed by atoms with van der Waals surface area (Å²) in [6.07, 6.45) is 5.59. The normalized spacial score (nSPS) is 19.6. The molecule has 1 saturated heterocycles. The Balaban J connectivity index is 1.59. The summed E-state index contributed by atoms with van der Waals surface area (Å²) in [6, 6.07) is 7.77. The van der Waals surface area contributed by atoms with E-state index in [1.807, 2.05) is 29.2 Å². The third kappa shape index (κ3) is 3.59. The van der Waals surface area contributed by atoms with E-state index in [4.69, 9.17) is 0 Å². The van der Waals surface area contributed by atoms with Gasteiger partial charge in [0.05, 0.1) is 6.54 Å². The number of nitrogens with one attached hydrogen (secondary N) is 2. The number of hydrogen-bond donors (Lipinski definition) is 2. The first-order chi connectivity index (χ1) is 10.7. The number of carbonyl (C=O) groups is 2. The highest BCUT2D eigenvalue weighted by atomic mass is 16.2. The second-order valence-corrected chi connectivity index (χ2v) is 6.14. The van der Waals surface area contributed by atoms with Gasteiger partial charge in [0.25, 0.3) is 0 Å². The first-order valence-corrected chi connectivity index (χ1v) is 8.15. The number of rotatable bonds is 3. The molecular weight excluding hydrogens is 278 g/mol. The molecule has 1 aromatic carbocycles. The summed E-state index contributed by atoms with van der Waals surface area (Å²) in [5.74, 6) is 0.366. The van der Waals surface area contributed by atoms with Gasteiger partial charge in [-0.25, -0.2) is 0 Å². The molecule has 3 rings (SSSR count). The van der Waals surface area contributed by atoms with E-state index in [1.54, 1.807) is 0 Å². The third-order valence-electron chi connectivity index (χ3n) is 4.51. The number of anilines is 2. The minimum Gasteiger partial charge on any atom is -0.360 e. The molecule has 2 fully saturated rings. The standard InChI is InChI=1S/C17H23N3O2/c21-16-12-20(11-10-18-16)15-8-6-14(7-9-15)19-17(22)13-4-2-1-3-5-13/h6-9,13H,1-5,10-12H2,(H,18,21)(H,19,22). The molecule has 0 bridgehead atoms. The molecule has 0 spiro atoms. The quantitative estimate of drug-likeness (QED) is 0.899. The summed E-state index contributed by atoms with van der Waals surface area (Å²) in [6.45, 7) is 1.90. The number of piperazine rings is 1. The minimum absolute atomic E-state index is 0.0564. The topological polar surface area (TPSA) is 61.4 Å². The second kappa shape index (κ2) is 6.81. The summed E-state index contributed by atoms with van der Waals surface area (Å²) in [5, 5.41) is 5.83.